The SMILES string of the molecule is CC(C)(C)C1=CNC(c2cccc(-c3ccccc3)c2)C=C1. The Hall–Kier alpha value is -2.28. The van der Waals surface area contributed by atoms with Crippen molar-refractivity contribution >= 4 is 0 Å². The van der Waals surface area contributed by atoms with Crippen LogP contribution in [0.15, 0.2) is 78.5 Å². The molecule has 0 fully saturated rings. The molecular weight excluding hydrogens is 266 g/mol. The quantitative estimate of drug-likeness (QED) is 0.771. The summed E-state index contributed by atoms with van der Waals surface area (Å²) in [7, 11) is 0. The van der Waals surface area contributed by atoms with E-state index in [1.54, 1.807) is 0 Å². The lowest BCUT2D eigenvalue weighted by Crippen LogP contribution is -2.21. The molecule has 1 N–H and O–H groups in total. The van der Waals surface area contributed by atoms with Crippen LogP contribution < -0.4 is 5.32 Å². The Morgan fingerprint density at radius 1 is 0.864 bits per heavy atom. The number of rotatable bonds is 2. The third-order valence-corrected chi connectivity index (χ3v) is 4.11. The Bertz CT molecular complexity index is 702. The number of allylic oxidation sites excluding steroid dienone is 2. The molecule has 1 aliphatic rings. The van der Waals surface area contributed by atoms with Gasteiger partial charge in [-0.2, -0.15) is 0 Å². The van der Waals surface area contributed by atoms with Gasteiger partial charge in [-0.1, -0.05) is 81.5 Å². The fourth-order valence-electron chi connectivity index (χ4n) is 2.70. The molecule has 0 radical (unpaired) electrons. The Kier molecular flexibility index (Phi) is 3.89. The van der Waals surface area contributed by atoms with E-state index in [9.17, 15) is 0 Å². The lowest BCUT2D eigenvalue weighted by Gasteiger charge is -2.26. The molecular formula is C21H23N. The number of nitrogens with one attached hydrogen (secondary N) is 1. The first kappa shape index (κ1) is 14.6. The highest BCUT2D eigenvalue weighted by Crippen LogP contribution is 2.31. The van der Waals surface area contributed by atoms with Crippen molar-refractivity contribution < 1.29 is 0 Å². The number of dihydropyridines is 1. The maximum absolute atomic E-state index is 3.52. The van der Waals surface area contributed by atoms with Crippen molar-refractivity contribution in [2.75, 3.05) is 0 Å². The van der Waals surface area contributed by atoms with E-state index in [-0.39, 0.29) is 11.5 Å². The molecule has 0 spiro atoms. The predicted molar refractivity (Wildman–Crippen MR) is 94.4 cm³/mol. The van der Waals surface area contributed by atoms with E-state index in [1.807, 2.05) is 0 Å². The second-order valence-electron chi connectivity index (χ2n) is 6.84. The Balaban J connectivity index is 1.83. The Labute approximate surface area is 133 Å². The zero-order valence-electron chi connectivity index (χ0n) is 13.5. The molecule has 1 heterocycles. The Morgan fingerprint density at radius 3 is 2.23 bits per heavy atom. The van der Waals surface area contributed by atoms with Crippen molar-refractivity contribution in [1.29, 1.82) is 0 Å². The van der Waals surface area contributed by atoms with Crippen molar-refractivity contribution in [1.82, 2.24) is 5.32 Å². The van der Waals surface area contributed by atoms with Gasteiger partial charge in [0.1, 0.15) is 0 Å². The second-order valence-corrected chi connectivity index (χ2v) is 6.84. The number of benzene rings is 2. The fourth-order valence-corrected chi connectivity index (χ4v) is 2.70. The normalized spacial score (nSPS) is 17.8. The summed E-state index contributed by atoms with van der Waals surface area (Å²) in [6.45, 7) is 6.71. The van der Waals surface area contributed by atoms with Gasteiger partial charge in [0.15, 0.2) is 0 Å². The molecule has 0 saturated heterocycles. The summed E-state index contributed by atoms with van der Waals surface area (Å²) in [5.41, 5.74) is 5.33. The highest BCUT2D eigenvalue weighted by Gasteiger charge is 2.19. The fraction of sp³-hybridized carbons (Fsp3) is 0.238. The van der Waals surface area contributed by atoms with Crippen LogP contribution in [0.3, 0.4) is 0 Å². The largest absolute Gasteiger partial charge is 0.380 e. The van der Waals surface area contributed by atoms with Crippen molar-refractivity contribution in [3.05, 3.63) is 84.1 Å². The molecule has 0 saturated carbocycles. The third-order valence-electron chi connectivity index (χ3n) is 4.11. The number of hydrogen-bond donors (Lipinski definition) is 1. The summed E-state index contributed by atoms with van der Waals surface area (Å²) in [6.07, 6.45) is 6.65. The Morgan fingerprint density at radius 2 is 1.59 bits per heavy atom. The highest BCUT2D eigenvalue weighted by molar-refractivity contribution is 5.64. The lowest BCUT2D eigenvalue weighted by atomic mass is 9.85. The van der Waals surface area contributed by atoms with Crippen LogP contribution >= 0.6 is 0 Å². The maximum atomic E-state index is 3.52. The van der Waals surface area contributed by atoms with Gasteiger partial charge in [0.05, 0.1) is 6.04 Å². The second kappa shape index (κ2) is 5.84. The zero-order valence-corrected chi connectivity index (χ0v) is 13.5. The van der Waals surface area contributed by atoms with E-state index in [0.29, 0.717) is 0 Å². The first-order chi connectivity index (χ1) is 10.5. The van der Waals surface area contributed by atoms with E-state index in [2.05, 4.69) is 99.0 Å². The molecule has 0 aliphatic carbocycles. The van der Waals surface area contributed by atoms with Crippen LogP contribution in [0.4, 0.5) is 0 Å². The molecule has 1 unspecified atom stereocenters. The van der Waals surface area contributed by atoms with Crippen LogP contribution in [0, 0.1) is 5.41 Å². The van der Waals surface area contributed by atoms with Crippen LogP contribution in [0.2, 0.25) is 0 Å². The van der Waals surface area contributed by atoms with Crippen LogP contribution in [-0.4, -0.2) is 0 Å². The van der Waals surface area contributed by atoms with E-state index < -0.39 is 0 Å². The summed E-state index contributed by atoms with van der Waals surface area (Å²) in [4.78, 5) is 0. The van der Waals surface area contributed by atoms with E-state index >= 15 is 0 Å². The molecule has 2 aromatic carbocycles. The van der Waals surface area contributed by atoms with Crippen LogP contribution in [0.25, 0.3) is 11.1 Å². The molecule has 1 atom stereocenters. The summed E-state index contributed by atoms with van der Waals surface area (Å²) in [6, 6.07) is 19.5. The van der Waals surface area contributed by atoms with Crippen LogP contribution in [0.1, 0.15) is 32.4 Å². The summed E-state index contributed by atoms with van der Waals surface area (Å²) >= 11 is 0. The van der Waals surface area contributed by atoms with Gasteiger partial charge in [-0.05, 0) is 33.7 Å². The monoisotopic (exact) mass is 289 g/mol. The molecule has 3 rings (SSSR count). The van der Waals surface area contributed by atoms with Gasteiger partial charge in [0.25, 0.3) is 0 Å². The summed E-state index contributed by atoms with van der Waals surface area (Å²) < 4.78 is 0. The van der Waals surface area contributed by atoms with Crippen molar-refractivity contribution in [2.24, 2.45) is 5.41 Å². The third kappa shape index (κ3) is 3.14. The van der Waals surface area contributed by atoms with Gasteiger partial charge >= 0.3 is 0 Å². The van der Waals surface area contributed by atoms with Crippen molar-refractivity contribution in [3.8, 4) is 11.1 Å². The standard InChI is InChI=1S/C21H23N/c1-21(2,3)19-12-13-20(22-15-19)18-11-7-10-17(14-18)16-8-5-4-6-9-16/h4-15,20,22H,1-3H3. The topological polar surface area (TPSA) is 12.0 Å². The first-order valence-corrected chi connectivity index (χ1v) is 7.84. The van der Waals surface area contributed by atoms with Crippen molar-refractivity contribution in [2.45, 2.75) is 26.8 Å². The summed E-state index contributed by atoms with van der Waals surface area (Å²) in [5, 5.41) is 3.52. The minimum absolute atomic E-state index is 0.181. The minimum atomic E-state index is 0.181. The molecule has 2 aromatic rings. The van der Waals surface area contributed by atoms with Gasteiger partial charge in [0.2, 0.25) is 0 Å². The molecule has 112 valence electrons. The molecule has 0 amide bonds. The predicted octanol–water partition coefficient (Wildman–Crippen LogP) is 5.48. The van der Waals surface area contributed by atoms with Gasteiger partial charge in [0, 0.05) is 6.20 Å². The number of hydrogen-bond acceptors (Lipinski definition) is 1. The smallest absolute Gasteiger partial charge is 0.0696 e. The van der Waals surface area contributed by atoms with Gasteiger partial charge in [-0.25, -0.2) is 0 Å². The van der Waals surface area contributed by atoms with Crippen LogP contribution in [-0.2, 0) is 0 Å². The average molecular weight is 289 g/mol. The molecule has 0 bridgehead atoms. The highest BCUT2D eigenvalue weighted by atomic mass is 14.9. The molecule has 1 aliphatic heterocycles. The van der Waals surface area contributed by atoms with E-state index in [4.69, 9.17) is 0 Å². The van der Waals surface area contributed by atoms with Gasteiger partial charge < -0.3 is 5.32 Å². The maximum Gasteiger partial charge on any atom is 0.0696 e. The van der Waals surface area contributed by atoms with Gasteiger partial charge in [-0.15, -0.1) is 0 Å². The average Bonchev–Trinajstić information content (AvgIpc) is 2.55. The van der Waals surface area contributed by atoms with E-state index in [0.717, 1.165) is 0 Å². The molecule has 0 aromatic heterocycles. The van der Waals surface area contributed by atoms with Crippen LogP contribution in [0.5, 0.6) is 0 Å². The van der Waals surface area contributed by atoms with Crippen molar-refractivity contribution in [3.63, 3.8) is 0 Å². The molecule has 22 heavy (non-hydrogen) atoms. The van der Waals surface area contributed by atoms with Gasteiger partial charge in [-0.3, -0.25) is 0 Å². The summed E-state index contributed by atoms with van der Waals surface area (Å²) in [5.74, 6) is 0. The lowest BCUT2D eigenvalue weighted by molar-refractivity contribution is 0.505. The van der Waals surface area contributed by atoms with E-state index in [1.165, 1.54) is 22.3 Å². The molecule has 1 nitrogen and oxygen atoms in total. The molecule has 1 heteroatoms. The minimum Gasteiger partial charge on any atom is -0.380 e. The zero-order chi connectivity index (χ0) is 15.6. The first-order valence-electron chi connectivity index (χ1n) is 7.84.